The Hall–Kier alpha value is -2.14. The lowest BCUT2D eigenvalue weighted by molar-refractivity contribution is -0.361. The molecule has 0 atom stereocenters. The number of alkyl halides is 7. The lowest BCUT2D eigenvalue weighted by atomic mass is 10.1. The third-order valence-corrected chi connectivity index (χ3v) is 2.37. The summed E-state index contributed by atoms with van der Waals surface area (Å²) < 4.78 is 88.4. The summed E-state index contributed by atoms with van der Waals surface area (Å²) in [5.74, 6) is -14.2. The Morgan fingerprint density at radius 3 is 2.10 bits per heavy atom. The van der Waals surface area contributed by atoms with Crippen LogP contribution in [-0.2, 0) is 5.92 Å². The topological polar surface area (TPSA) is 80.5 Å². The average Bonchev–Trinajstić information content (AvgIpc) is 2.73. The Balaban J connectivity index is 2.60. The Morgan fingerprint density at radius 1 is 1.00 bits per heavy atom. The average molecular weight is 303 g/mol. The molecule has 0 radical (unpaired) electrons. The summed E-state index contributed by atoms with van der Waals surface area (Å²) in [6, 6.07) is 0. The number of nitrogens with one attached hydrogen (secondary N) is 1. The van der Waals surface area contributed by atoms with Gasteiger partial charge in [0.05, 0.1) is 0 Å². The summed E-state index contributed by atoms with van der Waals surface area (Å²) in [6.07, 6.45) is -5.66. The van der Waals surface area contributed by atoms with Gasteiger partial charge < -0.3 is 10.7 Å². The van der Waals surface area contributed by atoms with E-state index in [0.29, 0.717) is 0 Å². The lowest BCUT2D eigenvalue weighted by Crippen LogP contribution is -2.50. The van der Waals surface area contributed by atoms with Gasteiger partial charge in [0, 0.05) is 0 Å². The van der Waals surface area contributed by atoms with Crippen molar-refractivity contribution in [1.82, 2.24) is 19.9 Å². The molecule has 3 N–H and O–H groups in total. The van der Waals surface area contributed by atoms with Gasteiger partial charge >= 0.3 is 18.0 Å². The van der Waals surface area contributed by atoms with Crippen molar-refractivity contribution in [3.8, 4) is 0 Å². The third-order valence-electron chi connectivity index (χ3n) is 2.37. The summed E-state index contributed by atoms with van der Waals surface area (Å²) in [5.41, 5.74) is 4.22. The van der Waals surface area contributed by atoms with Crippen molar-refractivity contribution in [2.45, 2.75) is 18.0 Å². The van der Waals surface area contributed by atoms with Gasteiger partial charge in [-0.2, -0.15) is 30.7 Å². The van der Waals surface area contributed by atoms with Crippen LogP contribution in [0.3, 0.4) is 0 Å². The first-order valence-corrected chi connectivity index (χ1v) is 4.77. The molecule has 110 valence electrons. The van der Waals surface area contributed by atoms with Crippen molar-refractivity contribution >= 4 is 17.0 Å². The van der Waals surface area contributed by atoms with E-state index in [1.54, 1.807) is 4.98 Å². The summed E-state index contributed by atoms with van der Waals surface area (Å²) in [4.78, 5) is 11.2. The zero-order valence-corrected chi connectivity index (χ0v) is 9.14. The first-order chi connectivity index (χ1) is 8.98. The van der Waals surface area contributed by atoms with Gasteiger partial charge in [0.2, 0.25) is 0 Å². The predicted octanol–water partition coefficient (Wildman–Crippen LogP) is 2.22. The van der Waals surface area contributed by atoms with Crippen molar-refractivity contribution in [1.29, 1.82) is 0 Å². The monoisotopic (exact) mass is 303 g/mol. The lowest BCUT2D eigenvalue weighted by Gasteiger charge is -2.26. The summed E-state index contributed by atoms with van der Waals surface area (Å²) in [7, 11) is 0. The number of halogens is 7. The highest BCUT2D eigenvalue weighted by Crippen LogP contribution is 2.51. The Bertz CT molecular complexity index is 646. The first kappa shape index (κ1) is 14.3. The highest BCUT2D eigenvalue weighted by atomic mass is 19.4. The molecule has 0 spiro atoms. The standard InChI is InChI=1S/C8H4F7N5/c9-6(10,7(11,12)8(13,14)15)5-19-2-3(16)17-1-18-4(2)20-5/h1H,(H3,16,17,18,19,20). The number of rotatable bonds is 2. The fraction of sp³-hybridized carbons (Fsp3) is 0.375. The van der Waals surface area contributed by atoms with Crippen molar-refractivity contribution in [3.63, 3.8) is 0 Å². The number of aromatic amines is 1. The van der Waals surface area contributed by atoms with Crippen LogP contribution in [0.25, 0.3) is 11.2 Å². The van der Waals surface area contributed by atoms with Crippen LogP contribution in [0.5, 0.6) is 0 Å². The Labute approximate surface area is 105 Å². The second-order valence-corrected chi connectivity index (χ2v) is 3.69. The molecule has 0 unspecified atom stereocenters. The number of anilines is 1. The molecular weight excluding hydrogens is 299 g/mol. The molecule has 0 saturated carbocycles. The number of nitrogen functional groups attached to an aromatic ring is 1. The van der Waals surface area contributed by atoms with Crippen LogP contribution in [-0.4, -0.2) is 32.0 Å². The number of hydrogen-bond donors (Lipinski definition) is 2. The van der Waals surface area contributed by atoms with Crippen molar-refractivity contribution in [3.05, 3.63) is 12.2 Å². The summed E-state index contributed by atoms with van der Waals surface area (Å²) >= 11 is 0. The summed E-state index contributed by atoms with van der Waals surface area (Å²) in [5, 5.41) is 0. The molecule has 0 fully saturated rings. The molecule has 12 heteroatoms. The van der Waals surface area contributed by atoms with E-state index in [1.807, 2.05) is 0 Å². The van der Waals surface area contributed by atoms with E-state index < -0.39 is 40.8 Å². The third kappa shape index (κ3) is 1.82. The van der Waals surface area contributed by atoms with E-state index in [1.165, 1.54) is 0 Å². The van der Waals surface area contributed by atoms with Crippen LogP contribution in [0.1, 0.15) is 5.82 Å². The maximum absolute atomic E-state index is 13.3. The van der Waals surface area contributed by atoms with Crippen LogP contribution >= 0.6 is 0 Å². The van der Waals surface area contributed by atoms with Crippen LogP contribution in [0.15, 0.2) is 6.33 Å². The van der Waals surface area contributed by atoms with Gasteiger partial charge in [0.15, 0.2) is 17.3 Å². The minimum atomic E-state index is -6.45. The maximum Gasteiger partial charge on any atom is 0.460 e. The zero-order valence-electron chi connectivity index (χ0n) is 9.14. The molecule has 0 amide bonds. The number of fused-ring (bicyclic) bond motifs is 1. The SMILES string of the molecule is Nc1ncnc2nc(C(F)(F)C(F)(F)C(F)(F)F)[nH]c12. The van der Waals surface area contributed by atoms with Crippen LogP contribution < -0.4 is 5.73 Å². The number of hydrogen-bond acceptors (Lipinski definition) is 4. The van der Waals surface area contributed by atoms with E-state index in [4.69, 9.17) is 5.73 Å². The second kappa shape index (κ2) is 3.93. The summed E-state index contributed by atoms with van der Waals surface area (Å²) in [6.45, 7) is 0. The van der Waals surface area contributed by atoms with E-state index in [2.05, 4.69) is 15.0 Å². The van der Waals surface area contributed by atoms with Gasteiger partial charge in [0.25, 0.3) is 0 Å². The van der Waals surface area contributed by atoms with Gasteiger partial charge in [-0.1, -0.05) is 0 Å². The molecule has 5 nitrogen and oxygen atoms in total. The fourth-order valence-corrected chi connectivity index (χ4v) is 1.32. The van der Waals surface area contributed by atoms with Gasteiger partial charge in [-0.3, -0.25) is 0 Å². The highest BCUT2D eigenvalue weighted by Gasteiger charge is 2.75. The van der Waals surface area contributed by atoms with Gasteiger partial charge in [-0.15, -0.1) is 0 Å². The number of nitrogens with zero attached hydrogens (tertiary/aromatic N) is 3. The molecule has 0 aliphatic heterocycles. The molecule has 2 aromatic rings. The number of nitrogens with two attached hydrogens (primary N) is 1. The van der Waals surface area contributed by atoms with E-state index in [9.17, 15) is 30.7 Å². The van der Waals surface area contributed by atoms with E-state index in [0.717, 1.165) is 6.33 Å². The molecule has 0 aliphatic carbocycles. The highest BCUT2D eigenvalue weighted by molar-refractivity contribution is 5.81. The number of H-pyrrole nitrogens is 1. The molecule has 2 heterocycles. The van der Waals surface area contributed by atoms with Crippen molar-refractivity contribution < 1.29 is 30.7 Å². The van der Waals surface area contributed by atoms with Crippen molar-refractivity contribution in [2.24, 2.45) is 0 Å². The Morgan fingerprint density at radius 2 is 1.60 bits per heavy atom. The number of aromatic nitrogens is 4. The molecule has 0 bridgehead atoms. The second-order valence-electron chi connectivity index (χ2n) is 3.69. The Kier molecular flexibility index (Phi) is 2.80. The van der Waals surface area contributed by atoms with Crippen molar-refractivity contribution in [2.75, 3.05) is 5.73 Å². The van der Waals surface area contributed by atoms with Gasteiger partial charge in [-0.25, -0.2) is 15.0 Å². The molecule has 2 aromatic heterocycles. The maximum atomic E-state index is 13.3. The van der Waals surface area contributed by atoms with Crippen LogP contribution in [0.2, 0.25) is 0 Å². The smallest absolute Gasteiger partial charge is 0.382 e. The quantitative estimate of drug-likeness (QED) is 0.834. The van der Waals surface area contributed by atoms with E-state index >= 15 is 0 Å². The van der Waals surface area contributed by atoms with Gasteiger partial charge in [0.1, 0.15) is 11.8 Å². The molecule has 0 saturated heterocycles. The molecule has 0 aliphatic rings. The minimum absolute atomic E-state index is 0.417. The van der Waals surface area contributed by atoms with Gasteiger partial charge in [-0.05, 0) is 0 Å². The van der Waals surface area contributed by atoms with Crippen LogP contribution in [0, 0.1) is 0 Å². The largest absolute Gasteiger partial charge is 0.460 e. The fourth-order valence-electron chi connectivity index (χ4n) is 1.32. The minimum Gasteiger partial charge on any atom is -0.382 e. The number of imidazole rings is 1. The van der Waals surface area contributed by atoms with E-state index in [-0.39, 0.29) is 0 Å². The molecule has 2 rings (SSSR count). The predicted molar refractivity (Wildman–Crippen MR) is 51.0 cm³/mol. The molecular formula is C8H4F7N5. The van der Waals surface area contributed by atoms with Crippen LogP contribution in [0.4, 0.5) is 36.6 Å². The molecule has 20 heavy (non-hydrogen) atoms. The molecule has 0 aromatic carbocycles. The normalized spacial score (nSPS) is 13.9. The first-order valence-electron chi connectivity index (χ1n) is 4.77. The zero-order chi connectivity index (χ0) is 15.3.